The number of hydrogen-bond acceptors (Lipinski definition) is 3. The summed E-state index contributed by atoms with van der Waals surface area (Å²) >= 11 is 1.87. The minimum atomic E-state index is 0.638. The number of ether oxygens (including phenoxy) is 1. The number of aliphatic imine (C=N–C) groups is 1. The summed E-state index contributed by atoms with van der Waals surface area (Å²) in [4.78, 5) is 4.69. The number of benzene rings is 1. The van der Waals surface area contributed by atoms with E-state index in [-0.39, 0.29) is 0 Å². The second-order valence-electron chi connectivity index (χ2n) is 5.83. The van der Waals surface area contributed by atoms with E-state index in [0.29, 0.717) is 6.54 Å². The second-order valence-corrected chi connectivity index (χ2v) is 6.82. The average Bonchev–Trinajstić information content (AvgIpc) is 3.39. The van der Waals surface area contributed by atoms with E-state index in [1.807, 2.05) is 30.0 Å². The summed E-state index contributed by atoms with van der Waals surface area (Å²) in [5, 5.41) is 6.69. The lowest BCUT2D eigenvalue weighted by Gasteiger charge is -2.13. The molecule has 5 heteroatoms. The van der Waals surface area contributed by atoms with Crippen molar-refractivity contribution in [2.75, 3.05) is 31.7 Å². The van der Waals surface area contributed by atoms with Crippen molar-refractivity contribution in [3.63, 3.8) is 0 Å². The molecule has 1 aliphatic rings. The zero-order chi connectivity index (χ0) is 16.3. The van der Waals surface area contributed by atoms with Gasteiger partial charge in [-0.1, -0.05) is 18.2 Å². The third-order valence-corrected chi connectivity index (χ3v) is 4.41. The number of nitrogens with zero attached hydrogens (tertiary/aromatic N) is 1. The molecule has 1 saturated carbocycles. The van der Waals surface area contributed by atoms with Crippen LogP contribution in [0.5, 0.6) is 5.75 Å². The highest BCUT2D eigenvalue weighted by Crippen LogP contribution is 2.30. The van der Waals surface area contributed by atoms with Crippen LogP contribution in [0, 0.1) is 5.92 Å². The highest BCUT2D eigenvalue weighted by molar-refractivity contribution is 7.98. The van der Waals surface area contributed by atoms with Crippen LogP contribution in [0.2, 0.25) is 0 Å². The van der Waals surface area contributed by atoms with Crippen LogP contribution < -0.4 is 15.4 Å². The molecule has 1 fully saturated rings. The number of rotatable bonds is 10. The third-order valence-electron chi connectivity index (χ3n) is 3.71. The van der Waals surface area contributed by atoms with Crippen LogP contribution in [0.3, 0.4) is 0 Å². The van der Waals surface area contributed by atoms with Crippen molar-refractivity contribution in [1.82, 2.24) is 10.6 Å². The van der Waals surface area contributed by atoms with E-state index in [4.69, 9.17) is 9.73 Å². The summed E-state index contributed by atoms with van der Waals surface area (Å²) in [7, 11) is 0. The smallest absolute Gasteiger partial charge is 0.191 e. The molecule has 0 heterocycles. The van der Waals surface area contributed by atoms with Crippen LogP contribution in [0.1, 0.15) is 31.7 Å². The van der Waals surface area contributed by atoms with E-state index in [2.05, 4.69) is 29.9 Å². The maximum Gasteiger partial charge on any atom is 0.191 e. The van der Waals surface area contributed by atoms with Gasteiger partial charge >= 0.3 is 0 Å². The Hall–Kier alpha value is -1.36. The lowest BCUT2D eigenvalue weighted by Crippen LogP contribution is -2.37. The van der Waals surface area contributed by atoms with Gasteiger partial charge in [0.15, 0.2) is 5.96 Å². The summed E-state index contributed by atoms with van der Waals surface area (Å²) in [5.41, 5.74) is 1.15. The quantitative estimate of drug-likeness (QED) is 0.391. The van der Waals surface area contributed by atoms with Gasteiger partial charge < -0.3 is 15.4 Å². The summed E-state index contributed by atoms with van der Waals surface area (Å²) in [6, 6.07) is 8.23. The molecular weight excluding hydrogens is 306 g/mol. The molecule has 0 radical (unpaired) electrons. The summed E-state index contributed by atoms with van der Waals surface area (Å²) < 4.78 is 5.95. The molecule has 0 unspecified atom stereocenters. The van der Waals surface area contributed by atoms with Crippen LogP contribution in [0.15, 0.2) is 29.3 Å². The first kappa shape index (κ1) is 18.0. The highest BCUT2D eigenvalue weighted by atomic mass is 32.2. The first-order valence-electron chi connectivity index (χ1n) is 8.55. The van der Waals surface area contributed by atoms with Crippen molar-refractivity contribution in [2.45, 2.75) is 32.7 Å². The Morgan fingerprint density at radius 3 is 2.87 bits per heavy atom. The van der Waals surface area contributed by atoms with Crippen molar-refractivity contribution in [1.29, 1.82) is 0 Å². The van der Waals surface area contributed by atoms with E-state index in [1.54, 1.807) is 0 Å². The molecule has 128 valence electrons. The molecule has 1 aromatic rings. The summed E-state index contributed by atoms with van der Waals surface area (Å²) in [6.07, 6.45) is 5.90. The number of guanidine groups is 1. The zero-order valence-electron chi connectivity index (χ0n) is 14.3. The molecule has 2 N–H and O–H groups in total. The Kier molecular flexibility index (Phi) is 8.15. The molecule has 4 nitrogen and oxygen atoms in total. The molecule has 0 bridgehead atoms. The van der Waals surface area contributed by atoms with Crippen LogP contribution in [-0.2, 0) is 6.54 Å². The molecule has 0 amide bonds. The van der Waals surface area contributed by atoms with Crippen molar-refractivity contribution >= 4 is 17.7 Å². The first-order chi connectivity index (χ1) is 11.3. The van der Waals surface area contributed by atoms with Gasteiger partial charge in [-0.3, -0.25) is 0 Å². The molecule has 0 atom stereocenters. The fraction of sp³-hybridized carbons (Fsp3) is 0.611. The van der Waals surface area contributed by atoms with Gasteiger partial charge in [-0.25, -0.2) is 4.99 Å². The molecule has 1 aromatic carbocycles. The Labute approximate surface area is 144 Å². The van der Waals surface area contributed by atoms with E-state index >= 15 is 0 Å². The fourth-order valence-electron chi connectivity index (χ4n) is 2.20. The van der Waals surface area contributed by atoms with Gasteiger partial charge in [-0.05, 0) is 50.2 Å². The Balaban J connectivity index is 1.88. The van der Waals surface area contributed by atoms with Crippen LogP contribution in [-0.4, -0.2) is 37.7 Å². The molecule has 0 saturated heterocycles. The number of para-hydroxylation sites is 1. The first-order valence-corrected chi connectivity index (χ1v) is 9.94. The molecule has 2 rings (SSSR count). The average molecular weight is 336 g/mol. The van der Waals surface area contributed by atoms with Gasteiger partial charge in [0, 0.05) is 18.7 Å². The molecule has 0 aromatic heterocycles. The van der Waals surface area contributed by atoms with Gasteiger partial charge in [0.05, 0.1) is 13.2 Å². The number of nitrogens with one attached hydrogen (secondary N) is 2. The minimum Gasteiger partial charge on any atom is -0.493 e. The lowest BCUT2D eigenvalue weighted by molar-refractivity contribution is 0.297. The van der Waals surface area contributed by atoms with Crippen molar-refractivity contribution in [3.05, 3.63) is 29.8 Å². The van der Waals surface area contributed by atoms with Crippen LogP contribution in [0.4, 0.5) is 0 Å². The zero-order valence-corrected chi connectivity index (χ0v) is 15.1. The molecule has 1 aliphatic carbocycles. The van der Waals surface area contributed by atoms with E-state index < -0.39 is 0 Å². The normalized spacial score (nSPS) is 14.6. The van der Waals surface area contributed by atoms with Crippen molar-refractivity contribution in [2.24, 2.45) is 10.9 Å². The maximum atomic E-state index is 5.95. The van der Waals surface area contributed by atoms with Crippen molar-refractivity contribution < 1.29 is 4.74 Å². The molecule has 0 aliphatic heterocycles. The third kappa shape index (κ3) is 7.16. The molecule has 0 spiro atoms. The monoisotopic (exact) mass is 335 g/mol. The predicted octanol–water partition coefficient (Wildman–Crippen LogP) is 3.28. The van der Waals surface area contributed by atoms with Gasteiger partial charge in [-0.2, -0.15) is 11.8 Å². The fourth-order valence-corrected chi connectivity index (χ4v) is 2.63. The van der Waals surface area contributed by atoms with Crippen LogP contribution >= 0.6 is 11.8 Å². The second kappa shape index (κ2) is 10.4. The number of hydrogen-bond donors (Lipinski definition) is 2. The van der Waals surface area contributed by atoms with E-state index in [0.717, 1.165) is 49.3 Å². The van der Waals surface area contributed by atoms with Gasteiger partial charge in [0.1, 0.15) is 5.75 Å². The standard InChI is InChI=1S/C18H29N3OS/c1-3-19-18(20-11-6-12-23-2)21-13-16-7-4-5-8-17(16)22-14-15-9-10-15/h4-5,7-8,15H,3,6,9-14H2,1-2H3,(H2,19,20,21). The Bertz CT molecular complexity index is 489. The molecular formula is C18H29N3OS. The minimum absolute atomic E-state index is 0.638. The Morgan fingerprint density at radius 1 is 1.30 bits per heavy atom. The van der Waals surface area contributed by atoms with Gasteiger partial charge in [0.25, 0.3) is 0 Å². The lowest BCUT2D eigenvalue weighted by atomic mass is 10.2. The predicted molar refractivity (Wildman–Crippen MR) is 100 cm³/mol. The van der Waals surface area contributed by atoms with Crippen LogP contribution in [0.25, 0.3) is 0 Å². The van der Waals surface area contributed by atoms with Gasteiger partial charge in [-0.15, -0.1) is 0 Å². The van der Waals surface area contributed by atoms with E-state index in [9.17, 15) is 0 Å². The highest BCUT2D eigenvalue weighted by Gasteiger charge is 2.22. The maximum absolute atomic E-state index is 5.95. The largest absolute Gasteiger partial charge is 0.493 e. The number of thioether (sulfide) groups is 1. The molecule has 23 heavy (non-hydrogen) atoms. The van der Waals surface area contributed by atoms with Crippen molar-refractivity contribution in [3.8, 4) is 5.75 Å². The summed E-state index contributed by atoms with van der Waals surface area (Å²) in [6.45, 7) is 5.39. The van der Waals surface area contributed by atoms with E-state index in [1.165, 1.54) is 18.6 Å². The SMILES string of the molecule is CCNC(=NCc1ccccc1OCC1CC1)NCCCSC. The Morgan fingerprint density at radius 2 is 2.13 bits per heavy atom. The summed E-state index contributed by atoms with van der Waals surface area (Å²) in [5.74, 6) is 3.79. The topological polar surface area (TPSA) is 45.7 Å². The van der Waals surface area contributed by atoms with Gasteiger partial charge in [0.2, 0.25) is 0 Å².